The number of ether oxygens (including phenoxy) is 2. The summed E-state index contributed by atoms with van der Waals surface area (Å²) in [7, 11) is 3.38. The molecular formula is C25H37IN4O2. The molecule has 176 valence electrons. The van der Waals surface area contributed by atoms with Crippen LogP contribution in [0.4, 0.5) is 5.69 Å². The molecule has 2 aromatic carbocycles. The molecule has 0 radical (unpaired) electrons. The fraction of sp³-hybridized carbons (Fsp3) is 0.480. The number of hydrogen-bond acceptors (Lipinski definition) is 4. The molecule has 0 aliphatic carbocycles. The van der Waals surface area contributed by atoms with Crippen LogP contribution in [-0.2, 0) is 6.42 Å². The molecule has 1 aliphatic heterocycles. The van der Waals surface area contributed by atoms with Gasteiger partial charge in [-0.05, 0) is 38.2 Å². The number of aliphatic imine (C=N–C) groups is 1. The van der Waals surface area contributed by atoms with E-state index in [0.29, 0.717) is 6.04 Å². The number of piperidine rings is 1. The SMILES string of the molecule is CCNC(=NCCCc1ccccc1)NC1CCN(c2cc(OC)cc(OC)c2)CC1.I. The van der Waals surface area contributed by atoms with Crippen LogP contribution >= 0.6 is 24.0 Å². The smallest absolute Gasteiger partial charge is 0.191 e. The van der Waals surface area contributed by atoms with Gasteiger partial charge in [-0.1, -0.05) is 30.3 Å². The van der Waals surface area contributed by atoms with E-state index in [0.717, 1.165) is 75.0 Å². The number of halogens is 1. The van der Waals surface area contributed by atoms with E-state index in [1.54, 1.807) is 14.2 Å². The third kappa shape index (κ3) is 8.07. The lowest BCUT2D eigenvalue weighted by molar-refractivity contribution is 0.393. The van der Waals surface area contributed by atoms with Crippen LogP contribution in [0.25, 0.3) is 0 Å². The van der Waals surface area contributed by atoms with Crippen molar-refractivity contribution in [2.75, 3.05) is 45.3 Å². The standard InChI is InChI=1S/C25H36N4O2.HI/c1-4-26-25(27-14-8-11-20-9-6-5-7-10-20)28-21-12-15-29(16-13-21)22-17-23(30-2)19-24(18-22)31-3;/h5-7,9-10,17-19,21H,4,8,11-16H2,1-3H3,(H2,26,27,28);1H. The summed E-state index contributed by atoms with van der Waals surface area (Å²) in [5, 5.41) is 7.03. The van der Waals surface area contributed by atoms with E-state index >= 15 is 0 Å². The minimum Gasteiger partial charge on any atom is -0.497 e. The molecule has 6 nitrogen and oxygen atoms in total. The molecule has 1 saturated heterocycles. The number of anilines is 1. The first-order valence-corrected chi connectivity index (χ1v) is 11.3. The van der Waals surface area contributed by atoms with Crippen molar-refractivity contribution in [1.82, 2.24) is 10.6 Å². The van der Waals surface area contributed by atoms with Crippen LogP contribution < -0.4 is 25.0 Å². The summed E-state index contributed by atoms with van der Waals surface area (Å²) in [6.45, 7) is 5.78. The van der Waals surface area contributed by atoms with Gasteiger partial charge in [0.15, 0.2) is 5.96 Å². The molecule has 7 heteroatoms. The van der Waals surface area contributed by atoms with Crippen molar-refractivity contribution in [3.63, 3.8) is 0 Å². The second kappa shape index (κ2) is 14.1. The van der Waals surface area contributed by atoms with Gasteiger partial charge in [0, 0.05) is 56.1 Å². The quantitative estimate of drug-likeness (QED) is 0.208. The Bertz CT molecular complexity index is 802. The third-order valence-corrected chi connectivity index (χ3v) is 5.62. The number of nitrogens with one attached hydrogen (secondary N) is 2. The minimum absolute atomic E-state index is 0. The average Bonchev–Trinajstić information content (AvgIpc) is 2.82. The molecule has 1 heterocycles. The van der Waals surface area contributed by atoms with Gasteiger partial charge in [-0.3, -0.25) is 4.99 Å². The molecular weight excluding hydrogens is 515 g/mol. The summed E-state index contributed by atoms with van der Waals surface area (Å²) in [6.07, 6.45) is 4.24. The lowest BCUT2D eigenvalue weighted by Crippen LogP contribution is -2.48. The highest BCUT2D eigenvalue weighted by atomic mass is 127. The van der Waals surface area contributed by atoms with Gasteiger partial charge in [0.2, 0.25) is 0 Å². The normalized spacial score (nSPS) is 14.5. The van der Waals surface area contributed by atoms with Crippen LogP contribution in [0.15, 0.2) is 53.5 Å². The summed E-state index contributed by atoms with van der Waals surface area (Å²) in [4.78, 5) is 7.19. The van der Waals surface area contributed by atoms with Crippen LogP contribution in [0.2, 0.25) is 0 Å². The molecule has 2 N–H and O–H groups in total. The predicted molar refractivity (Wildman–Crippen MR) is 144 cm³/mol. The zero-order valence-corrected chi connectivity index (χ0v) is 21.8. The first-order chi connectivity index (χ1) is 15.2. The van der Waals surface area contributed by atoms with Crippen LogP contribution in [0.1, 0.15) is 31.7 Å². The Morgan fingerprint density at radius 1 is 1.03 bits per heavy atom. The monoisotopic (exact) mass is 552 g/mol. The van der Waals surface area contributed by atoms with Crippen molar-refractivity contribution >= 4 is 35.6 Å². The minimum atomic E-state index is 0. The maximum absolute atomic E-state index is 5.42. The Balaban J connectivity index is 0.00000363. The predicted octanol–water partition coefficient (Wildman–Crippen LogP) is 4.48. The second-order valence-electron chi connectivity index (χ2n) is 7.83. The molecule has 1 aliphatic rings. The van der Waals surface area contributed by atoms with Gasteiger partial charge < -0.3 is 25.0 Å². The van der Waals surface area contributed by atoms with E-state index in [9.17, 15) is 0 Å². The van der Waals surface area contributed by atoms with Crippen molar-refractivity contribution < 1.29 is 9.47 Å². The van der Waals surface area contributed by atoms with E-state index in [4.69, 9.17) is 14.5 Å². The highest BCUT2D eigenvalue weighted by Gasteiger charge is 2.21. The largest absolute Gasteiger partial charge is 0.497 e. The van der Waals surface area contributed by atoms with E-state index < -0.39 is 0 Å². The van der Waals surface area contributed by atoms with Gasteiger partial charge >= 0.3 is 0 Å². The van der Waals surface area contributed by atoms with Crippen molar-refractivity contribution in [3.8, 4) is 11.5 Å². The van der Waals surface area contributed by atoms with Crippen molar-refractivity contribution in [2.24, 2.45) is 4.99 Å². The summed E-state index contributed by atoms with van der Waals surface area (Å²) < 4.78 is 10.8. The Labute approximate surface area is 209 Å². The van der Waals surface area contributed by atoms with Gasteiger partial charge in [0.05, 0.1) is 14.2 Å². The number of aryl methyl sites for hydroxylation is 1. The van der Waals surface area contributed by atoms with Gasteiger partial charge in [-0.15, -0.1) is 24.0 Å². The molecule has 0 spiro atoms. The number of methoxy groups -OCH3 is 2. The molecule has 2 aromatic rings. The van der Waals surface area contributed by atoms with Crippen LogP contribution in [0.5, 0.6) is 11.5 Å². The van der Waals surface area contributed by atoms with Gasteiger partial charge in [-0.2, -0.15) is 0 Å². The highest BCUT2D eigenvalue weighted by Crippen LogP contribution is 2.30. The van der Waals surface area contributed by atoms with E-state index in [2.05, 4.69) is 64.9 Å². The maximum Gasteiger partial charge on any atom is 0.191 e. The van der Waals surface area contributed by atoms with E-state index in [-0.39, 0.29) is 24.0 Å². The lowest BCUT2D eigenvalue weighted by atomic mass is 10.0. The van der Waals surface area contributed by atoms with Crippen LogP contribution in [-0.4, -0.2) is 52.4 Å². The van der Waals surface area contributed by atoms with Gasteiger partial charge in [-0.25, -0.2) is 0 Å². The Kier molecular flexibility index (Phi) is 11.5. The zero-order valence-electron chi connectivity index (χ0n) is 19.5. The number of benzene rings is 2. The first kappa shape index (κ1) is 26.1. The van der Waals surface area contributed by atoms with Crippen molar-refractivity contribution in [3.05, 3.63) is 54.1 Å². The average molecular weight is 553 g/mol. The highest BCUT2D eigenvalue weighted by molar-refractivity contribution is 14.0. The topological polar surface area (TPSA) is 58.1 Å². The van der Waals surface area contributed by atoms with Gasteiger partial charge in [0.1, 0.15) is 11.5 Å². The zero-order chi connectivity index (χ0) is 21.9. The first-order valence-electron chi connectivity index (χ1n) is 11.3. The number of hydrogen-bond donors (Lipinski definition) is 2. The third-order valence-electron chi connectivity index (χ3n) is 5.62. The van der Waals surface area contributed by atoms with E-state index in [1.165, 1.54) is 5.56 Å². The lowest BCUT2D eigenvalue weighted by Gasteiger charge is -2.34. The van der Waals surface area contributed by atoms with Crippen LogP contribution in [0.3, 0.4) is 0 Å². The summed E-state index contributed by atoms with van der Waals surface area (Å²) >= 11 is 0. The number of nitrogens with zero attached hydrogens (tertiary/aromatic N) is 2. The van der Waals surface area contributed by atoms with Gasteiger partial charge in [0.25, 0.3) is 0 Å². The summed E-state index contributed by atoms with van der Waals surface area (Å²) in [5.74, 6) is 2.58. The Morgan fingerprint density at radius 2 is 1.69 bits per heavy atom. The second-order valence-corrected chi connectivity index (χ2v) is 7.83. The van der Waals surface area contributed by atoms with Crippen molar-refractivity contribution in [1.29, 1.82) is 0 Å². The molecule has 0 aromatic heterocycles. The van der Waals surface area contributed by atoms with E-state index in [1.807, 2.05) is 6.07 Å². The molecule has 0 atom stereocenters. The molecule has 3 rings (SSSR count). The fourth-order valence-electron chi connectivity index (χ4n) is 3.89. The molecule has 1 fully saturated rings. The molecule has 0 bridgehead atoms. The molecule has 0 amide bonds. The fourth-order valence-corrected chi connectivity index (χ4v) is 3.89. The number of guanidine groups is 1. The number of rotatable bonds is 9. The Hall–Kier alpha value is -2.16. The molecule has 0 saturated carbocycles. The van der Waals surface area contributed by atoms with Crippen molar-refractivity contribution in [2.45, 2.75) is 38.6 Å². The summed E-state index contributed by atoms with van der Waals surface area (Å²) in [6, 6.07) is 17.1. The maximum atomic E-state index is 5.42. The molecule has 32 heavy (non-hydrogen) atoms. The van der Waals surface area contributed by atoms with Crippen LogP contribution in [0, 0.1) is 0 Å². The summed E-state index contributed by atoms with van der Waals surface area (Å²) in [5.41, 5.74) is 2.52. The Morgan fingerprint density at radius 3 is 2.28 bits per heavy atom. The molecule has 0 unspecified atom stereocenters.